The van der Waals surface area contributed by atoms with Crippen molar-refractivity contribution < 1.29 is 19.1 Å². The minimum absolute atomic E-state index is 0.0186. The van der Waals surface area contributed by atoms with Crippen molar-refractivity contribution in [2.45, 2.75) is 31.4 Å². The van der Waals surface area contributed by atoms with Gasteiger partial charge in [-0.15, -0.1) is 0 Å². The van der Waals surface area contributed by atoms with Crippen molar-refractivity contribution in [2.75, 3.05) is 25.2 Å². The molecule has 27 heavy (non-hydrogen) atoms. The average Bonchev–Trinajstić information content (AvgIpc) is 3.24. The highest BCUT2D eigenvalue weighted by Gasteiger charge is 2.43. The first-order chi connectivity index (χ1) is 12.9. The van der Waals surface area contributed by atoms with E-state index in [0.29, 0.717) is 25.3 Å². The molecule has 0 aliphatic carbocycles. The van der Waals surface area contributed by atoms with Gasteiger partial charge in [0, 0.05) is 13.2 Å². The van der Waals surface area contributed by atoms with E-state index in [2.05, 4.69) is 5.32 Å². The van der Waals surface area contributed by atoms with E-state index in [-0.39, 0.29) is 33.2 Å². The van der Waals surface area contributed by atoms with E-state index in [1.807, 2.05) is 6.26 Å². The number of carbonyl (C=O) groups excluding carboxylic acids is 3. The molecule has 0 bridgehead atoms. The van der Waals surface area contributed by atoms with Gasteiger partial charge in [0.1, 0.15) is 6.04 Å². The summed E-state index contributed by atoms with van der Waals surface area (Å²) in [4.78, 5) is 39.5. The fourth-order valence-electron chi connectivity index (χ4n) is 3.28. The van der Waals surface area contributed by atoms with Crippen LogP contribution in [0, 0.1) is 0 Å². The van der Waals surface area contributed by atoms with Crippen molar-refractivity contribution in [3.63, 3.8) is 0 Å². The molecule has 1 N–H and O–H groups in total. The van der Waals surface area contributed by atoms with Crippen LogP contribution in [0.3, 0.4) is 0 Å². The summed E-state index contributed by atoms with van der Waals surface area (Å²) in [5.41, 5.74) is 0.353. The van der Waals surface area contributed by atoms with Gasteiger partial charge < -0.3 is 10.1 Å². The van der Waals surface area contributed by atoms with E-state index in [4.69, 9.17) is 27.9 Å². The van der Waals surface area contributed by atoms with Crippen LogP contribution in [0.5, 0.6) is 0 Å². The highest BCUT2D eigenvalue weighted by Crippen LogP contribution is 2.33. The van der Waals surface area contributed by atoms with Crippen LogP contribution in [-0.2, 0) is 9.53 Å². The summed E-state index contributed by atoms with van der Waals surface area (Å²) in [5, 5.41) is 3.22. The molecule has 3 rings (SSSR count). The molecule has 1 saturated heterocycles. The van der Waals surface area contributed by atoms with Gasteiger partial charge in [-0.2, -0.15) is 11.8 Å². The van der Waals surface area contributed by atoms with E-state index in [9.17, 15) is 14.4 Å². The number of amides is 3. The zero-order chi connectivity index (χ0) is 19.6. The maximum absolute atomic E-state index is 12.8. The second kappa shape index (κ2) is 8.82. The Morgan fingerprint density at radius 2 is 1.93 bits per heavy atom. The molecule has 0 spiro atoms. The van der Waals surface area contributed by atoms with Gasteiger partial charge in [0.15, 0.2) is 0 Å². The summed E-state index contributed by atoms with van der Waals surface area (Å²) < 4.78 is 5.51. The van der Waals surface area contributed by atoms with Crippen molar-refractivity contribution in [3.05, 3.63) is 33.3 Å². The number of fused-ring (bicyclic) bond motifs is 1. The molecule has 2 aliphatic heterocycles. The predicted octanol–water partition coefficient (Wildman–Crippen LogP) is 3.01. The SMILES string of the molecule is CSCC[C@H](C(=O)NC[C@H]1CCCO1)N1C(=O)c2cc(Cl)c(Cl)cc2C1=O. The lowest BCUT2D eigenvalue weighted by atomic mass is 10.1. The van der Waals surface area contributed by atoms with Gasteiger partial charge in [-0.25, -0.2) is 0 Å². The minimum Gasteiger partial charge on any atom is -0.376 e. The first-order valence-corrected chi connectivity index (χ1v) is 10.8. The summed E-state index contributed by atoms with van der Waals surface area (Å²) in [6, 6.07) is 1.88. The Kier molecular flexibility index (Phi) is 6.68. The molecule has 9 heteroatoms. The van der Waals surface area contributed by atoms with E-state index >= 15 is 0 Å². The Morgan fingerprint density at radius 3 is 2.44 bits per heavy atom. The zero-order valence-corrected chi connectivity index (χ0v) is 17.1. The number of carbonyl (C=O) groups is 3. The fraction of sp³-hybridized carbons (Fsp3) is 0.500. The molecule has 2 aliphatic rings. The minimum atomic E-state index is -0.885. The molecule has 0 unspecified atom stereocenters. The zero-order valence-electron chi connectivity index (χ0n) is 14.8. The molecule has 0 radical (unpaired) electrons. The lowest BCUT2D eigenvalue weighted by molar-refractivity contribution is -0.125. The third kappa shape index (κ3) is 4.26. The molecular formula is C18H20Cl2N2O4S. The number of hydrogen-bond acceptors (Lipinski definition) is 5. The molecular weight excluding hydrogens is 411 g/mol. The Labute approximate surface area is 171 Å². The molecule has 2 atom stereocenters. The van der Waals surface area contributed by atoms with Gasteiger partial charge in [0.2, 0.25) is 5.91 Å². The summed E-state index contributed by atoms with van der Waals surface area (Å²) in [5.74, 6) is -0.766. The van der Waals surface area contributed by atoms with Crippen LogP contribution in [0.4, 0.5) is 0 Å². The maximum atomic E-state index is 12.8. The molecule has 2 heterocycles. The monoisotopic (exact) mass is 430 g/mol. The summed E-state index contributed by atoms with van der Waals surface area (Å²) in [6.45, 7) is 1.06. The largest absolute Gasteiger partial charge is 0.376 e. The highest BCUT2D eigenvalue weighted by atomic mass is 35.5. The number of benzene rings is 1. The molecule has 146 valence electrons. The number of hydrogen-bond donors (Lipinski definition) is 1. The smallest absolute Gasteiger partial charge is 0.262 e. The van der Waals surface area contributed by atoms with E-state index in [1.165, 1.54) is 12.1 Å². The molecule has 3 amide bonds. The van der Waals surface area contributed by atoms with Gasteiger partial charge in [-0.3, -0.25) is 19.3 Å². The summed E-state index contributed by atoms with van der Waals surface area (Å²) in [7, 11) is 0. The van der Waals surface area contributed by atoms with Crippen LogP contribution in [0.25, 0.3) is 0 Å². The number of nitrogens with zero attached hydrogens (tertiary/aromatic N) is 1. The van der Waals surface area contributed by atoms with Crippen LogP contribution in [0.15, 0.2) is 12.1 Å². The van der Waals surface area contributed by atoms with Gasteiger partial charge >= 0.3 is 0 Å². The quantitative estimate of drug-likeness (QED) is 0.672. The number of rotatable bonds is 7. The second-order valence-electron chi connectivity index (χ2n) is 6.47. The maximum Gasteiger partial charge on any atom is 0.262 e. The van der Waals surface area contributed by atoms with Crippen LogP contribution in [0.1, 0.15) is 40.0 Å². The molecule has 1 fully saturated rings. The highest BCUT2D eigenvalue weighted by molar-refractivity contribution is 7.98. The number of halogens is 2. The third-order valence-electron chi connectivity index (χ3n) is 4.70. The van der Waals surface area contributed by atoms with Crippen molar-refractivity contribution in [2.24, 2.45) is 0 Å². The first kappa shape index (κ1) is 20.5. The van der Waals surface area contributed by atoms with Gasteiger partial charge in [-0.1, -0.05) is 23.2 Å². The molecule has 0 aromatic heterocycles. The Hall–Kier alpha value is -1.28. The van der Waals surface area contributed by atoms with E-state index in [0.717, 1.165) is 17.7 Å². The second-order valence-corrected chi connectivity index (χ2v) is 8.27. The third-order valence-corrected chi connectivity index (χ3v) is 6.06. The van der Waals surface area contributed by atoms with Gasteiger partial charge in [0.25, 0.3) is 11.8 Å². The molecule has 0 saturated carbocycles. The van der Waals surface area contributed by atoms with Crippen LogP contribution in [0.2, 0.25) is 10.0 Å². The van der Waals surface area contributed by atoms with E-state index in [1.54, 1.807) is 11.8 Å². The Balaban J connectivity index is 1.80. The fourth-order valence-corrected chi connectivity index (χ4v) is 4.07. The summed E-state index contributed by atoms with van der Waals surface area (Å²) >= 11 is 13.5. The Bertz CT molecular complexity index is 727. The Morgan fingerprint density at radius 1 is 1.30 bits per heavy atom. The van der Waals surface area contributed by atoms with Gasteiger partial charge in [0.05, 0.1) is 27.3 Å². The van der Waals surface area contributed by atoms with Crippen LogP contribution < -0.4 is 5.32 Å². The molecule has 1 aromatic rings. The number of thioether (sulfide) groups is 1. The normalized spacial score (nSPS) is 20.1. The van der Waals surface area contributed by atoms with Crippen LogP contribution in [-0.4, -0.2) is 59.9 Å². The van der Waals surface area contributed by atoms with Crippen molar-refractivity contribution in [1.82, 2.24) is 10.2 Å². The number of nitrogens with one attached hydrogen (secondary N) is 1. The van der Waals surface area contributed by atoms with Gasteiger partial charge in [-0.05, 0) is 43.4 Å². The van der Waals surface area contributed by atoms with Crippen molar-refractivity contribution in [3.8, 4) is 0 Å². The van der Waals surface area contributed by atoms with Crippen molar-refractivity contribution >= 4 is 52.7 Å². The lowest BCUT2D eigenvalue weighted by Crippen LogP contribution is -2.51. The standard InChI is InChI=1S/C18H20Cl2N2O4S/c1-27-6-4-15(16(23)21-9-10-3-2-5-26-10)22-17(24)11-7-13(19)14(20)8-12(11)18(22)25/h7-8,10,15H,2-6,9H2,1H3,(H,21,23)/t10-,15-/m1/s1. The first-order valence-electron chi connectivity index (χ1n) is 8.69. The summed E-state index contributed by atoms with van der Waals surface area (Å²) in [6.07, 6.45) is 4.11. The average molecular weight is 431 g/mol. The number of ether oxygens (including phenoxy) is 1. The van der Waals surface area contributed by atoms with Crippen molar-refractivity contribution in [1.29, 1.82) is 0 Å². The predicted molar refractivity (Wildman–Crippen MR) is 106 cm³/mol. The van der Waals surface area contributed by atoms with Crippen LogP contribution >= 0.6 is 35.0 Å². The van der Waals surface area contributed by atoms with E-state index < -0.39 is 17.9 Å². The molecule has 6 nitrogen and oxygen atoms in total. The molecule has 1 aromatic carbocycles. The number of imide groups is 1. The lowest BCUT2D eigenvalue weighted by Gasteiger charge is -2.25. The topological polar surface area (TPSA) is 75.7 Å².